The van der Waals surface area contributed by atoms with Crippen LogP contribution < -0.4 is 4.74 Å². The summed E-state index contributed by atoms with van der Waals surface area (Å²) < 4.78 is 16.1. The maximum Gasteiger partial charge on any atom is 0.410 e. The van der Waals surface area contributed by atoms with Crippen LogP contribution in [-0.4, -0.2) is 68.7 Å². The molecule has 3 aromatic carbocycles. The van der Waals surface area contributed by atoms with Crippen LogP contribution in [-0.2, 0) is 24.9 Å². The molecule has 9 rings (SSSR count). The Kier molecular flexibility index (Phi) is 7.62. The average molecular weight is 672 g/mol. The second kappa shape index (κ2) is 12.2. The summed E-state index contributed by atoms with van der Waals surface area (Å²) in [6.45, 7) is 5.70. The van der Waals surface area contributed by atoms with Crippen molar-refractivity contribution in [1.29, 1.82) is 0 Å². The molecule has 4 fully saturated rings. The van der Waals surface area contributed by atoms with Crippen molar-refractivity contribution in [2.24, 2.45) is 24.8 Å². The molecule has 0 spiro atoms. The quantitative estimate of drug-likeness (QED) is 0.170. The molecular formula is C41H45N5O4. The first-order chi connectivity index (χ1) is 24.4. The maximum atomic E-state index is 13.8. The number of nitrogens with zero attached hydrogens (tertiary/aromatic N) is 5. The number of ether oxygens (including phenoxy) is 2. The van der Waals surface area contributed by atoms with Crippen molar-refractivity contribution in [2.45, 2.75) is 64.1 Å². The van der Waals surface area contributed by atoms with Crippen molar-refractivity contribution in [1.82, 2.24) is 23.9 Å². The Morgan fingerprint density at radius 1 is 0.940 bits per heavy atom. The highest BCUT2D eigenvalue weighted by molar-refractivity contribution is 6.00. The fourth-order valence-corrected chi connectivity index (χ4v) is 9.00. The molecule has 258 valence electrons. The number of imidazole rings is 1. The smallest absolute Gasteiger partial charge is 0.410 e. The van der Waals surface area contributed by atoms with Gasteiger partial charge in [0.2, 0.25) is 0 Å². The van der Waals surface area contributed by atoms with E-state index < -0.39 is 0 Å². The molecule has 4 aliphatic rings. The molecule has 4 atom stereocenters. The van der Waals surface area contributed by atoms with Crippen LogP contribution >= 0.6 is 0 Å². The molecule has 2 aliphatic carbocycles. The van der Waals surface area contributed by atoms with E-state index in [-0.39, 0.29) is 24.5 Å². The molecule has 5 aromatic rings. The zero-order valence-corrected chi connectivity index (χ0v) is 29.2. The number of amides is 2. The molecule has 2 saturated carbocycles. The number of hydrogen-bond donors (Lipinski definition) is 0. The van der Waals surface area contributed by atoms with E-state index in [0.29, 0.717) is 48.2 Å². The van der Waals surface area contributed by atoms with Crippen molar-refractivity contribution in [3.8, 4) is 17.3 Å². The number of carbonyl (C=O) groups excluding carboxylic acids is 2. The van der Waals surface area contributed by atoms with E-state index in [1.54, 1.807) is 7.11 Å². The largest absolute Gasteiger partial charge is 0.494 e. The van der Waals surface area contributed by atoms with Gasteiger partial charge in [-0.1, -0.05) is 49.4 Å². The molecule has 50 heavy (non-hydrogen) atoms. The summed E-state index contributed by atoms with van der Waals surface area (Å²) >= 11 is 0. The van der Waals surface area contributed by atoms with E-state index in [1.165, 1.54) is 35.7 Å². The average Bonchev–Trinajstić information content (AvgIpc) is 3.45. The van der Waals surface area contributed by atoms with E-state index in [9.17, 15) is 9.59 Å². The molecule has 2 amide bonds. The lowest BCUT2D eigenvalue weighted by atomic mass is 9.97. The van der Waals surface area contributed by atoms with Crippen LogP contribution in [0.5, 0.6) is 5.75 Å². The van der Waals surface area contributed by atoms with E-state index in [1.807, 2.05) is 54.4 Å². The molecule has 9 nitrogen and oxygen atoms in total. The van der Waals surface area contributed by atoms with Crippen LogP contribution in [0.25, 0.3) is 33.5 Å². The second-order valence-electron chi connectivity index (χ2n) is 15.1. The van der Waals surface area contributed by atoms with Gasteiger partial charge in [-0.15, -0.1) is 0 Å². The van der Waals surface area contributed by atoms with Crippen molar-refractivity contribution in [3.63, 3.8) is 0 Å². The Hall–Kier alpha value is -4.79. The number of carbonyl (C=O) groups is 2. The van der Waals surface area contributed by atoms with Gasteiger partial charge in [-0.05, 0) is 85.3 Å². The standard InChI is InChI=1S/C41H45N5O4/c1-25-30-13-14-34(25)46(23-30)40(47)32-17-33-38(37(20-32)49-3)43(2)39(42-33)36-19-29-12-11-28(18-35(29)45(36)21-26-9-10-26)31-15-16-44(22-31)41(48)50-24-27-7-5-4-6-8-27/h4-8,11-12,17-20,25-26,30-31,34H,9-10,13-16,21-24H2,1-3H3/t25-,30?,31?,34?/m1/s1. The molecule has 2 aliphatic heterocycles. The first kappa shape index (κ1) is 31.2. The summed E-state index contributed by atoms with van der Waals surface area (Å²) in [5.41, 5.74) is 6.82. The van der Waals surface area contributed by atoms with Gasteiger partial charge in [0.05, 0.1) is 18.3 Å². The molecule has 3 unspecified atom stereocenters. The topological polar surface area (TPSA) is 81.8 Å². The second-order valence-corrected chi connectivity index (χ2v) is 15.1. The van der Waals surface area contributed by atoms with Crippen LogP contribution in [0.1, 0.15) is 66.4 Å². The van der Waals surface area contributed by atoms with Crippen LogP contribution in [0.3, 0.4) is 0 Å². The summed E-state index contributed by atoms with van der Waals surface area (Å²) in [4.78, 5) is 35.9. The predicted octanol–water partition coefficient (Wildman–Crippen LogP) is 7.61. The number of piperidine rings is 1. The van der Waals surface area contributed by atoms with Crippen LogP contribution in [0.4, 0.5) is 4.79 Å². The SMILES string of the molecule is COc1cc(C(=O)N2CC3CCC2[C@@H]3C)cc2nc(-c3cc4ccc(C5CCN(C(=O)OCc6ccccc6)C5)cc4n3CC3CC3)n(C)c12. The highest BCUT2D eigenvalue weighted by atomic mass is 16.6. The number of benzene rings is 3. The third-order valence-electron chi connectivity index (χ3n) is 12.1. The first-order valence-electron chi connectivity index (χ1n) is 18.3. The minimum absolute atomic E-state index is 0.0850. The van der Waals surface area contributed by atoms with Crippen molar-refractivity contribution in [3.05, 3.63) is 83.4 Å². The normalized spacial score (nSPS) is 23.0. The Morgan fingerprint density at radius 2 is 1.78 bits per heavy atom. The van der Waals surface area contributed by atoms with Crippen molar-refractivity contribution in [2.75, 3.05) is 26.7 Å². The van der Waals surface area contributed by atoms with Crippen LogP contribution in [0.2, 0.25) is 0 Å². The molecule has 2 aromatic heterocycles. The fourth-order valence-electron chi connectivity index (χ4n) is 9.00. The number of aryl methyl sites for hydroxylation is 1. The lowest BCUT2D eigenvalue weighted by molar-refractivity contribution is 0.0695. The predicted molar refractivity (Wildman–Crippen MR) is 193 cm³/mol. The lowest BCUT2D eigenvalue weighted by Gasteiger charge is -2.27. The molecule has 0 radical (unpaired) electrons. The summed E-state index contributed by atoms with van der Waals surface area (Å²) in [5.74, 6) is 3.70. The van der Waals surface area contributed by atoms with E-state index in [4.69, 9.17) is 14.5 Å². The maximum absolute atomic E-state index is 13.8. The van der Waals surface area contributed by atoms with E-state index >= 15 is 0 Å². The highest BCUT2D eigenvalue weighted by Crippen LogP contribution is 2.44. The lowest BCUT2D eigenvalue weighted by Crippen LogP contribution is -2.38. The third kappa shape index (κ3) is 5.33. The third-order valence-corrected chi connectivity index (χ3v) is 12.1. The molecule has 2 bridgehead atoms. The Bertz CT molecular complexity index is 2110. The van der Waals surface area contributed by atoms with Gasteiger partial charge in [0, 0.05) is 61.7 Å². The summed E-state index contributed by atoms with van der Waals surface area (Å²) in [5, 5.41) is 1.18. The van der Waals surface area contributed by atoms with Crippen LogP contribution in [0, 0.1) is 17.8 Å². The Labute approximate surface area is 292 Å². The highest BCUT2D eigenvalue weighted by Gasteiger charge is 2.46. The number of likely N-dealkylation sites (tertiary alicyclic amines) is 2. The molecular weight excluding hydrogens is 626 g/mol. The van der Waals surface area contributed by atoms with E-state index in [0.717, 1.165) is 54.0 Å². The summed E-state index contributed by atoms with van der Waals surface area (Å²) in [6, 6.07) is 23.0. The van der Waals surface area contributed by atoms with Gasteiger partial charge >= 0.3 is 6.09 Å². The number of hydrogen-bond acceptors (Lipinski definition) is 5. The van der Waals surface area contributed by atoms with Gasteiger partial charge < -0.3 is 28.4 Å². The van der Waals surface area contributed by atoms with Crippen molar-refractivity contribution >= 4 is 33.9 Å². The Morgan fingerprint density at radius 3 is 2.52 bits per heavy atom. The monoisotopic (exact) mass is 671 g/mol. The zero-order chi connectivity index (χ0) is 34.1. The minimum atomic E-state index is -0.249. The van der Waals surface area contributed by atoms with Gasteiger partial charge in [-0.3, -0.25) is 4.79 Å². The molecule has 9 heteroatoms. The van der Waals surface area contributed by atoms with Gasteiger partial charge in [-0.2, -0.15) is 0 Å². The van der Waals surface area contributed by atoms with Crippen LogP contribution in [0.15, 0.2) is 66.7 Å². The van der Waals surface area contributed by atoms with Gasteiger partial charge in [0.25, 0.3) is 5.91 Å². The zero-order valence-electron chi connectivity index (χ0n) is 29.2. The first-order valence-corrected chi connectivity index (χ1v) is 18.3. The number of fused-ring (bicyclic) bond motifs is 4. The molecule has 4 heterocycles. The summed E-state index contributed by atoms with van der Waals surface area (Å²) in [7, 11) is 3.72. The van der Waals surface area contributed by atoms with Gasteiger partial charge in [0.1, 0.15) is 17.9 Å². The molecule has 0 N–H and O–H groups in total. The minimum Gasteiger partial charge on any atom is -0.494 e. The number of aromatic nitrogens is 3. The van der Waals surface area contributed by atoms with Crippen molar-refractivity contribution < 1.29 is 19.1 Å². The summed E-state index contributed by atoms with van der Waals surface area (Å²) in [6.07, 6.45) is 5.45. The van der Waals surface area contributed by atoms with Gasteiger partial charge in [0.15, 0.2) is 5.82 Å². The fraction of sp³-hybridized carbons (Fsp3) is 0.439. The number of rotatable bonds is 8. The van der Waals surface area contributed by atoms with Gasteiger partial charge in [-0.25, -0.2) is 9.78 Å². The van der Waals surface area contributed by atoms with E-state index in [2.05, 4.69) is 45.2 Å². The number of methoxy groups -OCH3 is 1. The molecule has 2 saturated heterocycles. The Balaban J connectivity index is 1.02.